The van der Waals surface area contributed by atoms with Gasteiger partial charge < -0.3 is 39.3 Å². The van der Waals surface area contributed by atoms with E-state index in [1.54, 1.807) is 0 Å². The quantitative estimate of drug-likeness (QED) is 0.0411. The van der Waals surface area contributed by atoms with Crippen LogP contribution in [0, 0.1) is 0 Å². The molecular weight excluding hydrogens is 825 g/mol. The van der Waals surface area contributed by atoms with E-state index in [4.69, 9.17) is 25.9 Å². The first-order chi connectivity index (χ1) is 27.6. The van der Waals surface area contributed by atoms with Gasteiger partial charge in [0.2, 0.25) is 11.4 Å². The first-order valence-corrected chi connectivity index (χ1v) is 24.3. The van der Waals surface area contributed by atoms with Crippen LogP contribution in [0.25, 0.3) is 24.3 Å². The summed E-state index contributed by atoms with van der Waals surface area (Å²) >= 11 is 0. The molecule has 0 aliphatic carbocycles. The van der Waals surface area contributed by atoms with E-state index >= 15 is 0 Å². The Bertz CT molecular complexity index is 1860. The highest BCUT2D eigenvalue weighted by Gasteiger charge is 2.10. The fraction of sp³-hybridized carbons (Fsp3) is 0.350. The van der Waals surface area contributed by atoms with Crippen molar-refractivity contribution < 1.29 is 55.5 Å². The molecule has 0 fully saturated rings. The van der Waals surface area contributed by atoms with Gasteiger partial charge in [-0.15, -0.1) is 0 Å². The molecule has 0 radical (unpaired) electrons. The first kappa shape index (κ1) is 50.3. The molecule has 0 aliphatic rings. The third kappa shape index (κ3) is 22.9. The topological polar surface area (TPSA) is 210 Å². The van der Waals surface area contributed by atoms with Gasteiger partial charge in [-0.05, 0) is 59.7 Å². The van der Waals surface area contributed by atoms with E-state index < -0.39 is 20.2 Å². The second kappa shape index (κ2) is 27.8. The van der Waals surface area contributed by atoms with Crippen LogP contribution in [-0.2, 0) is 33.3 Å². The van der Waals surface area contributed by atoms with E-state index in [0.717, 1.165) is 58.5 Å². The standard InChI is InChI=1S/C38H48N4O4S2.2CH4O3S/c43-27-21-41(22-28-44)37-15-9-33(10-16-37)7-13-35-5-1-3-19-39(35)25-31-47-48-32-26-40-20-4-2-6-36(40)14-8-34-11-17-38(18-12-34)42(23-29-45)24-30-46;2*1-5(2,3)4/h1-20,43-46H,21-32H2;2*1H3,(H,2,3,4)/q+2;;/p-2. The molecule has 14 nitrogen and oxygen atoms in total. The molecule has 0 saturated heterocycles. The molecule has 0 saturated carbocycles. The van der Waals surface area contributed by atoms with Crippen molar-refractivity contribution >= 4 is 77.5 Å². The molecule has 4 aromatic rings. The van der Waals surface area contributed by atoms with Crippen LogP contribution in [0.3, 0.4) is 0 Å². The summed E-state index contributed by atoms with van der Waals surface area (Å²) in [6.07, 6.45) is 14.0. The number of nitrogens with zero attached hydrogens (tertiary/aromatic N) is 4. The zero-order valence-corrected chi connectivity index (χ0v) is 36.0. The molecule has 0 bridgehead atoms. The minimum atomic E-state index is -3.92. The Morgan fingerprint density at radius 2 is 0.845 bits per heavy atom. The van der Waals surface area contributed by atoms with Gasteiger partial charge in [0.25, 0.3) is 0 Å². The number of aromatic nitrogens is 2. The number of aliphatic hydroxyl groups excluding tert-OH is 4. The van der Waals surface area contributed by atoms with Crippen molar-refractivity contribution in [2.75, 3.05) is 86.4 Å². The van der Waals surface area contributed by atoms with Crippen LogP contribution in [-0.4, -0.2) is 123 Å². The highest BCUT2D eigenvalue weighted by Crippen LogP contribution is 2.21. The first-order valence-electron chi connectivity index (χ1n) is 18.2. The maximum atomic E-state index is 9.31. The van der Waals surface area contributed by atoms with Gasteiger partial charge in [-0.1, -0.05) is 45.9 Å². The smallest absolute Gasteiger partial charge is 0.205 e. The van der Waals surface area contributed by atoms with E-state index in [-0.39, 0.29) is 26.4 Å². The van der Waals surface area contributed by atoms with Crippen molar-refractivity contribution in [1.82, 2.24) is 0 Å². The van der Waals surface area contributed by atoms with Gasteiger partial charge in [-0.2, -0.15) is 9.13 Å². The molecule has 0 atom stereocenters. The number of benzene rings is 2. The highest BCUT2D eigenvalue weighted by atomic mass is 33.1. The minimum absolute atomic E-state index is 0.0508. The summed E-state index contributed by atoms with van der Waals surface area (Å²) in [4.78, 5) is 3.95. The van der Waals surface area contributed by atoms with Crippen LogP contribution in [0.5, 0.6) is 0 Å². The van der Waals surface area contributed by atoms with Gasteiger partial charge in [0.1, 0.15) is 0 Å². The molecule has 0 spiro atoms. The molecule has 0 unspecified atom stereocenters. The fourth-order valence-electron chi connectivity index (χ4n) is 5.26. The zero-order chi connectivity index (χ0) is 42.8. The van der Waals surface area contributed by atoms with Crippen LogP contribution in [0.4, 0.5) is 11.4 Å². The van der Waals surface area contributed by atoms with Gasteiger partial charge >= 0.3 is 0 Å². The summed E-state index contributed by atoms with van der Waals surface area (Å²) < 4.78 is 59.0. The van der Waals surface area contributed by atoms with Gasteiger partial charge in [0.05, 0.1) is 58.2 Å². The third-order valence-electron chi connectivity index (χ3n) is 7.76. The Hall–Kier alpha value is -3.82. The number of hydrogen-bond donors (Lipinski definition) is 4. The van der Waals surface area contributed by atoms with Crippen molar-refractivity contribution in [3.63, 3.8) is 0 Å². The predicted octanol–water partition coefficient (Wildman–Crippen LogP) is 2.59. The SMILES string of the molecule is CS(=O)(=O)[O-].CS(=O)(=O)[O-].OCCN(CCO)c1ccc(/C=C/c2cccc[n+]2CCSSCC[n+]2ccccc2/C=C/c2ccc(N(CCO)CCO)cc2)cc1. The summed E-state index contributed by atoms with van der Waals surface area (Å²) in [5.74, 6) is 1.99. The Balaban J connectivity index is 0.00000103. The molecule has 2 heterocycles. The maximum absolute atomic E-state index is 9.31. The van der Waals surface area contributed by atoms with Gasteiger partial charge in [0, 0.05) is 86.5 Å². The number of anilines is 2. The summed E-state index contributed by atoms with van der Waals surface area (Å²) in [6, 6.07) is 28.9. The molecule has 4 rings (SSSR count). The third-order valence-corrected chi connectivity index (χ3v) is 10.1. The number of pyridine rings is 2. The average Bonchev–Trinajstić information content (AvgIpc) is 3.17. The van der Waals surface area contributed by atoms with Crippen LogP contribution >= 0.6 is 21.6 Å². The van der Waals surface area contributed by atoms with E-state index in [9.17, 15) is 20.4 Å². The zero-order valence-electron chi connectivity index (χ0n) is 32.7. The second-order valence-electron chi connectivity index (χ2n) is 12.4. The van der Waals surface area contributed by atoms with Crippen molar-refractivity contribution in [3.8, 4) is 0 Å². The monoisotopic (exact) mass is 878 g/mol. The normalized spacial score (nSPS) is 11.5. The fourth-order valence-corrected chi connectivity index (χ4v) is 7.19. The lowest BCUT2D eigenvalue weighted by molar-refractivity contribution is -0.694. The molecule has 0 aliphatic heterocycles. The Morgan fingerprint density at radius 3 is 1.14 bits per heavy atom. The van der Waals surface area contributed by atoms with E-state index in [1.807, 2.05) is 55.7 Å². The largest absolute Gasteiger partial charge is 0.748 e. The van der Waals surface area contributed by atoms with Gasteiger partial charge in [-0.3, -0.25) is 0 Å². The van der Waals surface area contributed by atoms with Crippen molar-refractivity contribution in [2.24, 2.45) is 0 Å². The lowest BCUT2D eigenvalue weighted by atomic mass is 10.1. The van der Waals surface area contributed by atoms with Crippen LogP contribution < -0.4 is 18.9 Å². The highest BCUT2D eigenvalue weighted by molar-refractivity contribution is 8.76. The molecular formula is C40H54N4O10S4. The number of hydrogen-bond acceptors (Lipinski definition) is 14. The number of aliphatic hydroxyl groups is 4. The molecule has 2 aromatic heterocycles. The lowest BCUT2D eigenvalue weighted by Gasteiger charge is -2.22. The second-order valence-corrected chi connectivity index (χ2v) is 17.9. The van der Waals surface area contributed by atoms with Crippen LogP contribution in [0.15, 0.2) is 97.3 Å². The van der Waals surface area contributed by atoms with Crippen LogP contribution in [0.1, 0.15) is 22.5 Å². The van der Waals surface area contributed by atoms with Crippen LogP contribution in [0.2, 0.25) is 0 Å². The molecule has 318 valence electrons. The summed E-state index contributed by atoms with van der Waals surface area (Å²) in [6.45, 7) is 4.02. The van der Waals surface area contributed by atoms with Crippen molar-refractivity contribution in [2.45, 2.75) is 13.1 Å². The van der Waals surface area contributed by atoms with Crippen molar-refractivity contribution in [1.29, 1.82) is 0 Å². The van der Waals surface area contributed by atoms with E-state index in [0.29, 0.717) is 38.7 Å². The summed E-state index contributed by atoms with van der Waals surface area (Å²) in [5.41, 5.74) is 6.46. The van der Waals surface area contributed by atoms with Gasteiger partial charge in [-0.25, -0.2) is 16.8 Å². The molecule has 2 aromatic carbocycles. The molecule has 58 heavy (non-hydrogen) atoms. The predicted molar refractivity (Wildman–Crippen MR) is 233 cm³/mol. The van der Waals surface area contributed by atoms with Crippen molar-refractivity contribution in [3.05, 3.63) is 120 Å². The lowest BCUT2D eigenvalue weighted by Crippen LogP contribution is -2.38. The Morgan fingerprint density at radius 1 is 0.534 bits per heavy atom. The average molecular weight is 879 g/mol. The van der Waals surface area contributed by atoms with Gasteiger partial charge in [0.15, 0.2) is 25.5 Å². The maximum Gasteiger partial charge on any atom is 0.205 e. The molecule has 18 heteroatoms. The number of aryl methyl sites for hydroxylation is 2. The molecule has 0 amide bonds. The Labute approximate surface area is 350 Å². The summed E-state index contributed by atoms with van der Waals surface area (Å²) in [5, 5.41) is 37.3. The minimum Gasteiger partial charge on any atom is -0.748 e. The van der Waals surface area contributed by atoms with E-state index in [1.165, 1.54) is 0 Å². The van der Waals surface area contributed by atoms with E-state index in [2.05, 4.69) is 106 Å². The number of rotatable bonds is 21. The molecule has 4 N–H and O–H groups in total. The Kier molecular flexibility index (Phi) is 24.1. The summed E-state index contributed by atoms with van der Waals surface area (Å²) in [7, 11) is -4.05.